The molecule has 12 heavy (non-hydrogen) atoms. The molecule has 0 aromatic rings. The molecule has 3 aliphatic carbocycles. The molecule has 1 N–H and O–H groups in total. The Labute approximate surface area is 74.2 Å². The molecule has 3 rings (SSSR count). The van der Waals surface area contributed by atoms with Crippen LogP contribution in [0.1, 0.15) is 44.9 Å². The average Bonchev–Trinajstić information content (AvgIpc) is 2.57. The minimum absolute atomic E-state index is 0.0822. The lowest BCUT2D eigenvalue weighted by Gasteiger charge is -2.40. The molecule has 3 fully saturated rings. The zero-order chi connectivity index (χ0) is 8.18. The molecule has 3 aliphatic rings. The van der Waals surface area contributed by atoms with Crippen LogP contribution in [0.2, 0.25) is 0 Å². The molecule has 3 saturated carbocycles. The minimum Gasteiger partial charge on any atom is -0.392 e. The first-order chi connectivity index (χ1) is 5.83. The molecule has 1 spiro atoms. The molecule has 0 aromatic heterocycles. The zero-order valence-electron chi connectivity index (χ0n) is 7.63. The number of aliphatic hydroxyl groups is 1. The number of hydrogen-bond acceptors (Lipinski definition) is 1. The van der Waals surface area contributed by atoms with E-state index in [1.54, 1.807) is 0 Å². The van der Waals surface area contributed by atoms with Crippen LogP contribution in [0.3, 0.4) is 0 Å². The Hall–Kier alpha value is -0.0400. The Morgan fingerprint density at radius 3 is 2.83 bits per heavy atom. The highest BCUT2D eigenvalue weighted by atomic mass is 16.3. The lowest BCUT2D eigenvalue weighted by Crippen LogP contribution is -2.40. The summed E-state index contributed by atoms with van der Waals surface area (Å²) in [6, 6.07) is 0. The van der Waals surface area contributed by atoms with Gasteiger partial charge in [-0.05, 0) is 55.8 Å². The van der Waals surface area contributed by atoms with Crippen LogP contribution in [0.15, 0.2) is 0 Å². The highest BCUT2D eigenvalue weighted by Crippen LogP contribution is 2.61. The predicted molar refractivity (Wildman–Crippen MR) is 47.7 cm³/mol. The van der Waals surface area contributed by atoms with Crippen molar-refractivity contribution in [3.8, 4) is 0 Å². The fourth-order valence-electron chi connectivity index (χ4n) is 4.27. The van der Waals surface area contributed by atoms with Crippen LogP contribution >= 0.6 is 0 Å². The van der Waals surface area contributed by atoms with Crippen LogP contribution < -0.4 is 0 Å². The van der Waals surface area contributed by atoms with Crippen molar-refractivity contribution in [1.29, 1.82) is 0 Å². The summed E-state index contributed by atoms with van der Waals surface area (Å²) in [5.74, 6) is 1.57. The summed E-state index contributed by atoms with van der Waals surface area (Å²) in [6.07, 6.45) is 9.59. The van der Waals surface area contributed by atoms with Crippen molar-refractivity contribution in [2.45, 2.75) is 51.0 Å². The van der Waals surface area contributed by atoms with Gasteiger partial charge in [-0.15, -0.1) is 0 Å². The standard InChI is InChI=1S/C11H18O/c12-10-8-3-4-9-2-1-6-11(9,10)7-5-8/h8-10,12H,1-7H2. The van der Waals surface area contributed by atoms with Gasteiger partial charge in [0.2, 0.25) is 0 Å². The van der Waals surface area contributed by atoms with Crippen LogP contribution in [-0.4, -0.2) is 11.2 Å². The van der Waals surface area contributed by atoms with E-state index in [1.807, 2.05) is 0 Å². The van der Waals surface area contributed by atoms with E-state index in [2.05, 4.69) is 0 Å². The topological polar surface area (TPSA) is 20.2 Å². The third kappa shape index (κ3) is 0.693. The highest BCUT2D eigenvalue weighted by molar-refractivity contribution is 5.06. The van der Waals surface area contributed by atoms with Crippen molar-refractivity contribution in [3.05, 3.63) is 0 Å². The number of aliphatic hydroxyl groups excluding tert-OH is 1. The van der Waals surface area contributed by atoms with Crippen LogP contribution in [0.5, 0.6) is 0 Å². The molecular weight excluding hydrogens is 148 g/mol. The predicted octanol–water partition coefficient (Wildman–Crippen LogP) is 2.34. The smallest absolute Gasteiger partial charge is 0.0627 e. The van der Waals surface area contributed by atoms with Crippen LogP contribution in [-0.2, 0) is 0 Å². The first kappa shape index (κ1) is 7.37. The highest BCUT2D eigenvalue weighted by Gasteiger charge is 2.56. The van der Waals surface area contributed by atoms with Crippen LogP contribution in [0, 0.1) is 17.3 Å². The summed E-state index contributed by atoms with van der Waals surface area (Å²) in [5, 5.41) is 10.2. The molecule has 0 radical (unpaired) electrons. The van der Waals surface area contributed by atoms with Crippen LogP contribution in [0.4, 0.5) is 0 Å². The van der Waals surface area contributed by atoms with E-state index in [4.69, 9.17) is 0 Å². The van der Waals surface area contributed by atoms with Gasteiger partial charge in [0, 0.05) is 0 Å². The Bertz CT molecular complexity index is 195. The second-order valence-corrected chi connectivity index (χ2v) is 5.14. The first-order valence-electron chi connectivity index (χ1n) is 5.51. The van der Waals surface area contributed by atoms with Crippen molar-refractivity contribution >= 4 is 0 Å². The van der Waals surface area contributed by atoms with E-state index in [0.717, 1.165) is 5.92 Å². The van der Waals surface area contributed by atoms with Gasteiger partial charge in [-0.3, -0.25) is 0 Å². The maximum Gasteiger partial charge on any atom is 0.0627 e. The summed E-state index contributed by atoms with van der Waals surface area (Å²) in [6.45, 7) is 0. The van der Waals surface area contributed by atoms with E-state index >= 15 is 0 Å². The molecule has 2 bridgehead atoms. The van der Waals surface area contributed by atoms with E-state index in [-0.39, 0.29) is 6.10 Å². The summed E-state index contributed by atoms with van der Waals surface area (Å²) in [4.78, 5) is 0. The summed E-state index contributed by atoms with van der Waals surface area (Å²) in [5.41, 5.74) is 0.420. The monoisotopic (exact) mass is 166 g/mol. The van der Waals surface area contributed by atoms with Crippen molar-refractivity contribution < 1.29 is 5.11 Å². The third-order valence-corrected chi connectivity index (χ3v) is 4.91. The summed E-state index contributed by atoms with van der Waals surface area (Å²) < 4.78 is 0. The Morgan fingerprint density at radius 1 is 1.00 bits per heavy atom. The van der Waals surface area contributed by atoms with E-state index < -0.39 is 0 Å². The normalized spacial score (nSPS) is 57.2. The molecule has 0 aliphatic heterocycles. The molecule has 4 unspecified atom stereocenters. The van der Waals surface area contributed by atoms with Crippen LogP contribution in [0.25, 0.3) is 0 Å². The Morgan fingerprint density at radius 2 is 1.92 bits per heavy atom. The van der Waals surface area contributed by atoms with Gasteiger partial charge in [0.05, 0.1) is 6.10 Å². The molecule has 1 nitrogen and oxygen atoms in total. The average molecular weight is 166 g/mol. The molecule has 4 atom stereocenters. The lowest BCUT2D eigenvalue weighted by molar-refractivity contribution is -0.0326. The van der Waals surface area contributed by atoms with Gasteiger partial charge < -0.3 is 5.11 Å². The fraction of sp³-hybridized carbons (Fsp3) is 1.00. The molecule has 1 heteroatoms. The summed E-state index contributed by atoms with van der Waals surface area (Å²) >= 11 is 0. The lowest BCUT2D eigenvalue weighted by atomic mass is 9.68. The second-order valence-electron chi connectivity index (χ2n) is 5.14. The number of fused-ring (bicyclic) bond motifs is 1. The fourth-order valence-corrected chi connectivity index (χ4v) is 4.27. The van der Waals surface area contributed by atoms with Crippen molar-refractivity contribution in [2.24, 2.45) is 17.3 Å². The molecular formula is C11H18O. The van der Waals surface area contributed by atoms with Gasteiger partial charge in [0.15, 0.2) is 0 Å². The largest absolute Gasteiger partial charge is 0.392 e. The van der Waals surface area contributed by atoms with Crippen molar-refractivity contribution in [3.63, 3.8) is 0 Å². The molecule has 0 amide bonds. The molecule has 0 heterocycles. The maximum absolute atomic E-state index is 10.2. The van der Waals surface area contributed by atoms with E-state index in [0.29, 0.717) is 11.3 Å². The Balaban J connectivity index is 1.99. The summed E-state index contributed by atoms with van der Waals surface area (Å²) in [7, 11) is 0. The SMILES string of the molecule is OC1C2CCC3CCCC31CC2. The molecule has 0 aromatic carbocycles. The quantitative estimate of drug-likeness (QED) is 0.585. The van der Waals surface area contributed by atoms with Gasteiger partial charge in [0.1, 0.15) is 0 Å². The van der Waals surface area contributed by atoms with E-state index in [9.17, 15) is 5.11 Å². The first-order valence-corrected chi connectivity index (χ1v) is 5.51. The second kappa shape index (κ2) is 2.25. The van der Waals surface area contributed by atoms with Crippen molar-refractivity contribution in [2.75, 3.05) is 0 Å². The third-order valence-electron chi connectivity index (χ3n) is 4.91. The van der Waals surface area contributed by atoms with Gasteiger partial charge in [-0.25, -0.2) is 0 Å². The van der Waals surface area contributed by atoms with Crippen molar-refractivity contribution in [1.82, 2.24) is 0 Å². The van der Waals surface area contributed by atoms with Gasteiger partial charge in [0.25, 0.3) is 0 Å². The van der Waals surface area contributed by atoms with E-state index in [1.165, 1.54) is 44.9 Å². The molecule has 0 saturated heterocycles. The van der Waals surface area contributed by atoms with Gasteiger partial charge in [-0.1, -0.05) is 6.42 Å². The minimum atomic E-state index is 0.0822. The maximum atomic E-state index is 10.2. The Kier molecular flexibility index (Phi) is 1.39. The van der Waals surface area contributed by atoms with Gasteiger partial charge >= 0.3 is 0 Å². The zero-order valence-corrected chi connectivity index (χ0v) is 7.63. The number of rotatable bonds is 0. The number of hydrogen-bond donors (Lipinski definition) is 1. The molecule has 68 valence electrons. The van der Waals surface area contributed by atoms with Gasteiger partial charge in [-0.2, -0.15) is 0 Å².